The van der Waals surface area contributed by atoms with Gasteiger partial charge in [-0.1, -0.05) is 40.5 Å². The molecule has 114 valence electrons. The van der Waals surface area contributed by atoms with Gasteiger partial charge in [0.1, 0.15) is 17.5 Å². The number of aromatic nitrogens is 2. The van der Waals surface area contributed by atoms with Crippen molar-refractivity contribution in [3.05, 3.63) is 11.4 Å². The lowest BCUT2D eigenvalue weighted by Crippen LogP contribution is -2.26. The Kier molecular flexibility index (Phi) is 5.74. The van der Waals surface area contributed by atoms with Gasteiger partial charge < -0.3 is 10.3 Å². The molecule has 1 heterocycles. The molecule has 0 radical (unpaired) electrons. The van der Waals surface area contributed by atoms with Crippen LogP contribution in [0.4, 0.5) is 11.6 Å². The number of nitrogens with two attached hydrogens (primary N) is 1. The van der Waals surface area contributed by atoms with Crippen LogP contribution in [-0.4, -0.2) is 23.6 Å². The Morgan fingerprint density at radius 3 is 2.35 bits per heavy atom. The number of unbranched alkanes of at least 4 members (excludes halogenated alkanes) is 2. The lowest BCUT2D eigenvalue weighted by Gasteiger charge is -2.25. The van der Waals surface area contributed by atoms with Gasteiger partial charge in [0.05, 0.1) is 0 Å². The lowest BCUT2D eigenvalue weighted by molar-refractivity contribution is 0.544. The smallest absolute Gasteiger partial charge is 0.148 e. The van der Waals surface area contributed by atoms with Crippen LogP contribution in [0.1, 0.15) is 58.3 Å². The van der Waals surface area contributed by atoms with Crippen LogP contribution in [-0.2, 0) is 5.41 Å². The Morgan fingerprint density at radius 2 is 1.85 bits per heavy atom. The monoisotopic (exact) mass is 279 g/mol. The first-order chi connectivity index (χ1) is 9.31. The summed E-state index contributed by atoms with van der Waals surface area (Å²) in [6, 6.07) is 0. The van der Waals surface area contributed by atoms with Crippen LogP contribution in [0.2, 0.25) is 0 Å². The molecule has 5 heteroatoms. The maximum atomic E-state index is 5.59. The van der Waals surface area contributed by atoms with E-state index in [2.05, 4.69) is 50.1 Å². The van der Waals surface area contributed by atoms with Crippen molar-refractivity contribution in [2.24, 2.45) is 5.84 Å². The third-order valence-corrected chi connectivity index (χ3v) is 3.39. The van der Waals surface area contributed by atoms with E-state index < -0.39 is 0 Å². The number of nitrogens with one attached hydrogen (secondary N) is 1. The summed E-state index contributed by atoms with van der Waals surface area (Å²) in [5.41, 5.74) is 3.59. The van der Waals surface area contributed by atoms with E-state index in [1.807, 2.05) is 6.92 Å². The van der Waals surface area contributed by atoms with Crippen LogP contribution in [0.15, 0.2) is 0 Å². The Labute approximate surface area is 123 Å². The van der Waals surface area contributed by atoms with Crippen LogP contribution in [0.5, 0.6) is 0 Å². The molecule has 0 aliphatic carbocycles. The van der Waals surface area contributed by atoms with Crippen molar-refractivity contribution >= 4 is 11.6 Å². The molecule has 20 heavy (non-hydrogen) atoms. The van der Waals surface area contributed by atoms with Crippen LogP contribution >= 0.6 is 0 Å². The summed E-state index contributed by atoms with van der Waals surface area (Å²) in [7, 11) is 2.08. The SMILES string of the molecule is CCCCCN(C)c1nc(C(C)(C)C)nc(NN)c1C. The second-order valence-corrected chi connectivity index (χ2v) is 6.37. The molecule has 3 N–H and O–H groups in total. The Balaban J connectivity index is 3.10. The average molecular weight is 279 g/mol. The van der Waals surface area contributed by atoms with Gasteiger partial charge in [-0.05, 0) is 13.3 Å². The highest BCUT2D eigenvalue weighted by atomic mass is 15.3. The molecule has 1 aromatic heterocycles. The van der Waals surface area contributed by atoms with Crippen molar-refractivity contribution in [2.45, 2.75) is 59.3 Å². The summed E-state index contributed by atoms with van der Waals surface area (Å²) < 4.78 is 0. The Bertz CT molecular complexity index is 437. The summed E-state index contributed by atoms with van der Waals surface area (Å²) in [6.45, 7) is 11.5. The van der Waals surface area contributed by atoms with Gasteiger partial charge in [-0.3, -0.25) is 0 Å². The highest BCUT2D eigenvalue weighted by Gasteiger charge is 2.22. The maximum absolute atomic E-state index is 5.59. The fourth-order valence-electron chi connectivity index (χ4n) is 2.06. The molecule has 0 bridgehead atoms. The van der Waals surface area contributed by atoms with Gasteiger partial charge in [0.15, 0.2) is 0 Å². The maximum Gasteiger partial charge on any atom is 0.148 e. The van der Waals surface area contributed by atoms with Crippen molar-refractivity contribution < 1.29 is 0 Å². The van der Waals surface area contributed by atoms with Crippen molar-refractivity contribution in [1.82, 2.24) is 9.97 Å². The molecule has 0 aromatic carbocycles. The number of nitrogens with zero attached hydrogens (tertiary/aromatic N) is 3. The van der Waals surface area contributed by atoms with Crippen LogP contribution in [0.25, 0.3) is 0 Å². The minimum absolute atomic E-state index is 0.0989. The summed E-state index contributed by atoms with van der Waals surface area (Å²) in [6.07, 6.45) is 3.63. The summed E-state index contributed by atoms with van der Waals surface area (Å²) in [5, 5.41) is 0. The van der Waals surface area contributed by atoms with Crippen molar-refractivity contribution in [3.63, 3.8) is 0 Å². The average Bonchev–Trinajstić information content (AvgIpc) is 2.37. The number of anilines is 2. The van der Waals surface area contributed by atoms with Crippen molar-refractivity contribution in [2.75, 3.05) is 23.9 Å². The van der Waals surface area contributed by atoms with E-state index in [-0.39, 0.29) is 5.41 Å². The number of hydrogen-bond donors (Lipinski definition) is 2. The summed E-state index contributed by atoms with van der Waals surface area (Å²) in [4.78, 5) is 11.5. The first-order valence-electron chi connectivity index (χ1n) is 7.38. The van der Waals surface area contributed by atoms with Crippen LogP contribution in [0, 0.1) is 6.92 Å². The predicted octanol–water partition coefficient (Wildman–Crippen LogP) is 2.99. The van der Waals surface area contributed by atoms with Crippen LogP contribution < -0.4 is 16.2 Å². The molecular weight excluding hydrogens is 250 g/mol. The second kappa shape index (κ2) is 6.88. The normalized spacial score (nSPS) is 11.6. The number of nitrogen functional groups attached to an aromatic ring is 1. The zero-order valence-electron chi connectivity index (χ0n) is 13.7. The molecular formula is C15H29N5. The largest absolute Gasteiger partial charge is 0.359 e. The lowest BCUT2D eigenvalue weighted by atomic mass is 9.95. The van der Waals surface area contributed by atoms with Gasteiger partial charge in [0.2, 0.25) is 0 Å². The van der Waals surface area contributed by atoms with Gasteiger partial charge in [0.25, 0.3) is 0 Å². The first kappa shape index (κ1) is 16.7. The molecule has 0 unspecified atom stereocenters. The third kappa shape index (κ3) is 4.07. The molecule has 0 fully saturated rings. The van der Waals surface area contributed by atoms with E-state index in [0.29, 0.717) is 5.82 Å². The minimum Gasteiger partial charge on any atom is -0.359 e. The molecule has 0 atom stereocenters. The number of rotatable bonds is 6. The molecule has 5 nitrogen and oxygen atoms in total. The van der Waals surface area contributed by atoms with Gasteiger partial charge in [-0.25, -0.2) is 15.8 Å². The summed E-state index contributed by atoms with van der Waals surface area (Å²) >= 11 is 0. The van der Waals surface area contributed by atoms with E-state index in [9.17, 15) is 0 Å². The highest BCUT2D eigenvalue weighted by molar-refractivity contribution is 5.58. The third-order valence-electron chi connectivity index (χ3n) is 3.39. The first-order valence-corrected chi connectivity index (χ1v) is 7.38. The molecule has 1 rings (SSSR count). The fourth-order valence-corrected chi connectivity index (χ4v) is 2.06. The summed E-state index contributed by atoms with van der Waals surface area (Å²) in [5.74, 6) is 8.09. The van der Waals surface area contributed by atoms with Crippen molar-refractivity contribution in [1.29, 1.82) is 0 Å². The topological polar surface area (TPSA) is 67.1 Å². The van der Waals surface area contributed by atoms with E-state index in [4.69, 9.17) is 10.8 Å². The highest BCUT2D eigenvalue weighted by Crippen LogP contribution is 2.27. The van der Waals surface area contributed by atoms with E-state index in [1.54, 1.807) is 0 Å². The molecule has 0 spiro atoms. The number of hydrazine groups is 1. The van der Waals surface area contributed by atoms with Gasteiger partial charge in [0, 0.05) is 24.6 Å². The molecule has 0 saturated heterocycles. The quantitative estimate of drug-likeness (QED) is 0.476. The molecule has 0 amide bonds. The van der Waals surface area contributed by atoms with E-state index in [1.165, 1.54) is 19.3 Å². The number of hydrogen-bond acceptors (Lipinski definition) is 5. The standard InChI is InChI=1S/C15H29N5/c1-7-8-9-10-20(6)13-11(2)12(19-16)17-14(18-13)15(3,4)5/h7-10,16H2,1-6H3,(H,17,18,19). The zero-order valence-corrected chi connectivity index (χ0v) is 13.7. The van der Waals surface area contributed by atoms with E-state index in [0.717, 1.165) is 23.8 Å². The zero-order chi connectivity index (χ0) is 15.3. The molecule has 1 aromatic rings. The second-order valence-electron chi connectivity index (χ2n) is 6.37. The minimum atomic E-state index is -0.0989. The molecule has 0 aliphatic heterocycles. The van der Waals surface area contributed by atoms with Crippen LogP contribution in [0.3, 0.4) is 0 Å². The Morgan fingerprint density at radius 1 is 1.20 bits per heavy atom. The molecule has 0 saturated carbocycles. The van der Waals surface area contributed by atoms with Gasteiger partial charge in [-0.2, -0.15) is 0 Å². The van der Waals surface area contributed by atoms with Crippen molar-refractivity contribution in [3.8, 4) is 0 Å². The Hall–Kier alpha value is -1.36. The molecule has 0 aliphatic rings. The van der Waals surface area contributed by atoms with Gasteiger partial charge in [-0.15, -0.1) is 0 Å². The van der Waals surface area contributed by atoms with E-state index >= 15 is 0 Å². The fraction of sp³-hybridized carbons (Fsp3) is 0.733. The van der Waals surface area contributed by atoms with Gasteiger partial charge >= 0.3 is 0 Å². The predicted molar refractivity (Wildman–Crippen MR) is 86.1 cm³/mol.